The number of methoxy groups -OCH3 is 1. The Morgan fingerprint density at radius 3 is 3.12 bits per heavy atom. The molecule has 0 saturated heterocycles. The summed E-state index contributed by atoms with van der Waals surface area (Å²) in [5.41, 5.74) is 1.30. The van der Waals surface area contributed by atoms with E-state index < -0.39 is 0 Å². The molecular formula is C13H19NO2. The van der Waals surface area contributed by atoms with E-state index in [0.29, 0.717) is 5.92 Å². The average molecular weight is 221 g/mol. The molecule has 1 unspecified atom stereocenters. The summed E-state index contributed by atoms with van der Waals surface area (Å²) in [5.74, 6) is 2.41. The molecule has 88 valence electrons. The van der Waals surface area contributed by atoms with Gasteiger partial charge in [0.2, 0.25) is 0 Å². The molecule has 16 heavy (non-hydrogen) atoms. The van der Waals surface area contributed by atoms with Crippen molar-refractivity contribution in [2.24, 2.45) is 0 Å². The zero-order valence-electron chi connectivity index (χ0n) is 9.95. The molecule has 0 spiro atoms. The van der Waals surface area contributed by atoms with Gasteiger partial charge < -0.3 is 14.8 Å². The zero-order chi connectivity index (χ0) is 11.4. The van der Waals surface area contributed by atoms with Crippen LogP contribution in [0.5, 0.6) is 11.5 Å². The third-order valence-electron chi connectivity index (χ3n) is 3.03. The van der Waals surface area contributed by atoms with Crippen molar-refractivity contribution in [3.63, 3.8) is 0 Å². The maximum Gasteiger partial charge on any atom is 0.126 e. The van der Waals surface area contributed by atoms with Crippen LogP contribution in [-0.4, -0.2) is 26.8 Å². The monoisotopic (exact) mass is 221 g/mol. The van der Waals surface area contributed by atoms with E-state index in [4.69, 9.17) is 9.47 Å². The van der Waals surface area contributed by atoms with Crippen molar-refractivity contribution < 1.29 is 9.47 Å². The fourth-order valence-corrected chi connectivity index (χ4v) is 2.10. The molecular weight excluding hydrogens is 202 g/mol. The molecule has 0 fully saturated rings. The van der Waals surface area contributed by atoms with Crippen LogP contribution in [0.15, 0.2) is 18.2 Å². The maximum absolute atomic E-state index is 5.67. The first-order valence-corrected chi connectivity index (χ1v) is 5.86. The topological polar surface area (TPSA) is 30.5 Å². The average Bonchev–Trinajstić information content (AvgIpc) is 2.35. The van der Waals surface area contributed by atoms with Crippen molar-refractivity contribution in [1.29, 1.82) is 0 Å². The summed E-state index contributed by atoms with van der Waals surface area (Å²) in [6.45, 7) is 4.98. The first-order valence-electron chi connectivity index (χ1n) is 5.86. The van der Waals surface area contributed by atoms with Gasteiger partial charge in [0.15, 0.2) is 0 Å². The Kier molecular flexibility index (Phi) is 3.67. The summed E-state index contributed by atoms with van der Waals surface area (Å²) < 4.78 is 10.9. The second-order valence-electron chi connectivity index (χ2n) is 4.05. The van der Waals surface area contributed by atoms with Crippen LogP contribution in [0.25, 0.3) is 0 Å². The molecule has 1 heterocycles. The predicted molar refractivity (Wildman–Crippen MR) is 64.4 cm³/mol. The molecule has 0 radical (unpaired) electrons. The molecule has 1 aromatic carbocycles. The summed E-state index contributed by atoms with van der Waals surface area (Å²) >= 11 is 0. The fourth-order valence-electron chi connectivity index (χ4n) is 2.10. The van der Waals surface area contributed by atoms with Crippen LogP contribution in [0.1, 0.15) is 24.8 Å². The molecule has 0 aliphatic carbocycles. The van der Waals surface area contributed by atoms with E-state index in [-0.39, 0.29) is 0 Å². The number of fused-ring (bicyclic) bond motifs is 1. The van der Waals surface area contributed by atoms with Crippen molar-refractivity contribution in [1.82, 2.24) is 5.32 Å². The standard InChI is InChI=1S/C13H19NO2/c1-3-14-9-10-6-7-16-13-8-11(15-2)4-5-12(10)13/h4-5,8,10,14H,3,6-7,9H2,1-2H3. The smallest absolute Gasteiger partial charge is 0.126 e. The first-order chi connectivity index (χ1) is 7.85. The summed E-state index contributed by atoms with van der Waals surface area (Å²) in [7, 11) is 1.68. The van der Waals surface area contributed by atoms with E-state index in [2.05, 4.69) is 18.3 Å². The maximum atomic E-state index is 5.67. The molecule has 1 aliphatic rings. The first kappa shape index (κ1) is 11.3. The van der Waals surface area contributed by atoms with Gasteiger partial charge in [-0.2, -0.15) is 0 Å². The number of ether oxygens (including phenoxy) is 2. The van der Waals surface area contributed by atoms with Crippen LogP contribution < -0.4 is 14.8 Å². The molecule has 1 N–H and O–H groups in total. The van der Waals surface area contributed by atoms with E-state index in [1.165, 1.54) is 5.56 Å². The molecule has 0 aromatic heterocycles. The van der Waals surface area contributed by atoms with E-state index in [9.17, 15) is 0 Å². The van der Waals surface area contributed by atoms with Gasteiger partial charge in [-0.25, -0.2) is 0 Å². The molecule has 0 bridgehead atoms. The van der Waals surface area contributed by atoms with Crippen molar-refractivity contribution in [2.45, 2.75) is 19.3 Å². The molecule has 3 heteroatoms. The van der Waals surface area contributed by atoms with E-state index in [1.807, 2.05) is 12.1 Å². The van der Waals surface area contributed by atoms with Crippen LogP contribution in [0, 0.1) is 0 Å². The van der Waals surface area contributed by atoms with Gasteiger partial charge in [0, 0.05) is 18.5 Å². The lowest BCUT2D eigenvalue weighted by molar-refractivity contribution is 0.263. The highest BCUT2D eigenvalue weighted by atomic mass is 16.5. The minimum absolute atomic E-state index is 0.564. The quantitative estimate of drug-likeness (QED) is 0.845. The van der Waals surface area contributed by atoms with Crippen molar-refractivity contribution in [3.8, 4) is 11.5 Å². The lowest BCUT2D eigenvalue weighted by Gasteiger charge is -2.26. The lowest BCUT2D eigenvalue weighted by Crippen LogP contribution is -2.25. The highest BCUT2D eigenvalue weighted by molar-refractivity contribution is 5.44. The van der Waals surface area contributed by atoms with Gasteiger partial charge in [-0.15, -0.1) is 0 Å². The second kappa shape index (κ2) is 5.21. The Labute approximate surface area is 96.8 Å². The van der Waals surface area contributed by atoms with Gasteiger partial charge in [0.25, 0.3) is 0 Å². The van der Waals surface area contributed by atoms with Crippen LogP contribution in [0.4, 0.5) is 0 Å². The SMILES string of the molecule is CCNCC1CCOc2cc(OC)ccc21. The van der Waals surface area contributed by atoms with Gasteiger partial charge in [-0.1, -0.05) is 13.0 Å². The van der Waals surface area contributed by atoms with Gasteiger partial charge in [-0.3, -0.25) is 0 Å². The molecule has 0 amide bonds. The minimum Gasteiger partial charge on any atom is -0.497 e. The number of nitrogens with one attached hydrogen (secondary N) is 1. The van der Waals surface area contributed by atoms with Gasteiger partial charge in [0.1, 0.15) is 11.5 Å². The van der Waals surface area contributed by atoms with Crippen molar-refractivity contribution in [2.75, 3.05) is 26.8 Å². The van der Waals surface area contributed by atoms with Gasteiger partial charge in [-0.05, 0) is 24.6 Å². The second-order valence-corrected chi connectivity index (χ2v) is 4.05. The number of hydrogen-bond acceptors (Lipinski definition) is 3. The minimum atomic E-state index is 0.564. The molecule has 3 nitrogen and oxygen atoms in total. The Hall–Kier alpha value is -1.22. The predicted octanol–water partition coefficient (Wildman–Crippen LogP) is 2.17. The number of rotatable bonds is 4. The lowest BCUT2D eigenvalue weighted by atomic mass is 9.93. The number of likely N-dealkylation sites (N-methyl/N-ethyl adjacent to an activating group) is 1. The number of hydrogen-bond donors (Lipinski definition) is 1. The Balaban J connectivity index is 2.18. The molecule has 1 aromatic rings. The Morgan fingerprint density at radius 1 is 1.50 bits per heavy atom. The Bertz CT molecular complexity index is 352. The van der Waals surface area contributed by atoms with E-state index in [0.717, 1.165) is 37.6 Å². The summed E-state index contributed by atoms with van der Waals surface area (Å²) in [5, 5.41) is 3.40. The van der Waals surface area contributed by atoms with Gasteiger partial charge in [0.05, 0.1) is 13.7 Å². The fraction of sp³-hybridized carbons (Fsp3) is 0.538. The van der Waals surface area contributed by atoms with Gasteiger partial charge >= 0.3 is 0 Å². The summed E-state index contributed by atoms with van der Waals surface area (Å²) in [6, 6.07) is 6.11. The van der Waals surface area contributed by atoms with Crippen LogP contribution in [0.2, 0.25) is 0 Å². The molecule has 0 saturated carbocycles. The summed E-state index contributed by atoms with van der Waals surface area (Å²) in [4.78, 5) is 0. The van der Waals surface area contributed by atoms with Crippen molar-refractivity contribution in [3.05, 3.63) is 23.8 Å². The third-order valence-corrected chi connectivity index (χ3v) is 3.03. The highest BCUT2D eigenvalue weighted by Crippen LogP contribution is 2.35. The largest absolute Gasteiger partial charge is 0.497 e. The highest BCUT2D eigenvalue weighted by Gasteiger charge is 2.21. The zero-order valence-corrected chi connectivity index (χ0v) is 9.95. The van der Waals surface area contributed by atoms with Crippen molar-refractivity contribution >= 4 is 0 Å². The molecule has 1 atom stereocenters. The number of benzene rings is 1. The molecule has 1 aliphatic heterocycles. The van der Waals surface area contributed by atoms with E-state index >= 15 is 0 Å². The van der Waals surface area contributed by atoms with Crippen LogP contribution >= 0.6 is 0 Å². The third kappa shape index (κ3) is 2.30. The normalized spacial score (nSPS) is 18.8. The van der Waals surface area contributed by atoms with E-state index in [1.54, 1.807) is 7.11 Å². The Morgan fingerprint density at radius 2 is 2.38 bits per heavy atom. The van der Waals surface area contributed by atoms with Crippen LogP contribution in [-0.2, 0) is 0 Å². The molecule has 2 rings (SSSR count). The van der Waals surface area contributed by atoms with Crippen LogP contribution in [0.3, 0.4) is 0 Å². The summed E-state index contributed by atoms with van der Waals surface area (Å²) in [6.07, 6.45) is 1.09.